The van der Waals surface area contributed by atoms with Gasteiger partial charge in [0.05, 0.1) is 24.2 Å². The van der Waals surface area contributed by atoms with E-state index in [2.05, 4.69) is 95.0 Å². The van der Waals surface area contributed by atoms with Gasteiger partial charge >= 0.3 is 48.2 Å². The second-order valence-corrected chi connectivity index (χ2v) is 26.4. The molecule has 31 nitrogen and oxygen atoms in total. The summed E-state index contributed by atoms with van der Waals surface area (Å²) in [5.41, 5.74) is 26.4. The van der Waals surface area contributed by atoms with Crippen LogP contribution in [0.3, 0.4) is 0 Å². The lowest BCUT2D eigenvalue weighted by molar-refractivity contribution is -0.118. The molecule has 0 spiro atoms. The minimum Gasteiger partial charge on any atom is -0.370 e. The van der Waals surface area contributed by atoms with Crippen LogP contribution in [0.15, 0.2) is 60.9 Å². The standard InChI is InChI=1S/C68H118N22O9/c1-8-19-48(27-28-60(72)91)83-61(92)75-36-49(20-13-16-29-69)84-62(93)78-39-52(32-46-34-73-56-25-11-9-23-54(46)56)87-63(94)76-37-50(21-14-17-30-70)85-65(96)80-41-58(43(2)3)89-67(98)79-40-53(33-47-35-74-57-26-12-10-24-55(47)57)88-64(95)77-38-51(22-15-18-31-71)86-66(97)81-42-59(44(4)5)90-68(99)82-45(6)7/h9-12,23-26,34-35,43-45,48-53,58-59,73-74H,8,13-22,27-33,36-42,69-71H2,1-7H3,(H2,72,91)(H2,75,83,92)(H2,76,87,94)(H2,77,88,95)(H2,78,84,93)(H2,79,89,98)(H2,80,85,96)(H2,81,86,97)(H2,82,90,99)/t48-,49+,50+,51+,52+,53+,58+,59+/m1/s1. The molecule has 0 fully saturated rings. The van der Waals surface area contributed by atoms with Crippen molar-refractivity contribution < 1.29 is 43.2 Å². The summed E-state index contributed by atoms with van der Waals surface area (Å²) >= 11 is 0. The highest BCUT2D eigenvalue weighted by atomic mass is 16.2. The number of rotatable bonds is 46. The number of nitrogens with two attached hydrogens (primary N) is 4. The van der Waals surface area contributed by atoms with E-state index in [1.807, 2.05) is 109 Å². The first-order valence-corrected chi connectivity index (χ1v) is 35.3. The van der Waals surface area contributed by atoms with E-state index in [0.29, 0.717) is 103 Å². The molecule has 31 heteroatoms. The van der Waals surface area contributed by atoms with E-state index in [0.717, 1.165) is 39.4 Å². The lowest BCUT2D eigenvalue weighted by Gasteiger charge is -2.26. The van der Waals surface area contributed by atoms with Crippen molar-refractivity contribution in [1.29, 1.82) is 0 Å². The predicted octanol–water partition coefficient (Wildman–Crippen LogP) is 3.95. The predicted molar refractivity (Wildman–Crippen MR) is 389 cm³/mol. The van der Waals surface area contributed by atoms with Crippen LogP contribution in [0.5, 0.6) is 0 Å². The van der Waals surface area contributed by atoms with Gasteiger partial charge in [-0.1, -0.05) is 96.7 Å². The first-order chi connectivity index (χ1) is 47.5. The number of fused-ring (bicyclic) bond motifs is 2. The fourth-order valence-corrected chi connectivity index (χ4v) is 11.2. The highest BCUT2D eigenvalue weighted by Crippen LogP contribution is 2.21. The normalized spacial score (nSPS) is 13.7. The van der Waals surface area contributed by atoms with Crippen molar-refractivity contribution in [2.75, 3.05) is 65.4 Å². The molecule has 17 amide bonds. The fourth-order valence-electron chi connectivity index (χ4n) is 11.2. The van der Waals surface area contributed by atoms with Crippen molar-refractivity contribution in [3.8, 4) is 0 Å². The minimum atomic E-state index is -0.618. The Hall–Kier alpha value is -8.97. The van der Waals surface area contributed by atoms with Crippen LogP contribution in [0.2, 0.25) is 0 Å². The van der Waals surface area contributed by atoms with E-state index < -0.39 is 84.4 Å². The number of carbonyl (C=O) groups excluding carboxylic acids is 9. The zero-order valence-electron chi connectivity index (χ0n) is 59.3. The average Bonchev–Trinajstić information content (AvgIpc) is 1.71. The van der Waals surface area contributed by atoms with Crippen molar-refractivity contribution in [1.82, 2.24) is 95.0 Å². The highest BCUT2D eigenvalue weighted by molar-refractivity contribution is 5.85. The molecule has 2 heterocycles. The molecular weight excluding hydrogens is 1270 g/mol. The Morgan fingerprint density at radius 2 is 0.697 bits per heavy atom. The lowest BCUT2D eigenvalue weighted by atomic mass is 10.0. The molecule has 0 aliphatic rings. The van der Waals surface area contributed by atoms with Gasteiger partial charge in [-0.3, -0.25) is 4.79 Å². The van der Waals surface area contributed by atoms with Crippen LogP contribution < -0.4 is 108 Å². The third kappa shape index (κ3) is 33.9. The molecule has 0 bridgehead atoms. The molecule has 0 unspecified atom stereocenters. The third-order valence-electron chi connectivity index (χ3n) is 16.9. The minimum absolute atomic E-state index is 0.0133. The van der Waals surface area contributed by atoms with E-state index in [1.165, 1.54) is 0 Å². The average molecular weight is 1390 g/mol. The Bertz CT molecular complexity index is 3070. The Morgan fingerprint density at radius 1 is 0.374 bits per heavy atom. The van der Waals surface area contributed by atoms with Gasteiger partial charge in [0.2, 0.25) is 5.91 Å². The van der Waals surface area contributed by atoms with Crippen molar-refractivity contribution >= 4 is 76.0 Å². The molecule has 2 aromatic carbocycles. The SMILES string of the molecule is CCC[C@H](CCC(N)=O)NC(=O)NC[C@H](CCCCN)NC(=O)NC[C@H](Cc1c[nH]c2ccccc12)NC(=O)NC[C@H](CCCCN)NC(=O)NC[C@H](NC(=O)NC[C@H](Cc1c[nH]c2ccccc12)NC(=O)NC[C@H](CCCCN)NC(=O)NC[C@H](NC(=O)NC(C)C)C(C)C)C(C)C. The van der Waals surface area contributed by atoms with E-state index in [9.17, 15) is 43.2 Å². The number of aromatic nitrogens is 2. The molecule has 0 aliphatic carbocycles. The van der Waals surface area contributed by atoms with E-state index >= 15 is 0 Å². The van der Waals surface area contributed by atoms with Crippen molar-refractivity contribution in [3.63, 3.8) is 0 Å². The summed E-state index contributed by atoms with van der Waals surface area (Å²) in [6.45, 7) is 15.2. The Balaban J connectivity index is 1.37. The van der Waals surface area contributed by atoms with E-state index in [1.54, 1.807) is 0 Å². The van der Waals surface area contributed by atoms with Gasteiger partial charge in [0.1, 0.15) is 0 Å². The molecule has 4 aromatic rings. The van der Waals surface area contributed by atoms with Crippen LogP contribution in [0.25, 0.3) is 21.8 Å². The van der Waals surface area contributed by atoms with Crippen LogP contribution in [0, 0.1) is 11.8 Å². The van der Waals surface area contributed by atoms with Gasteiger partial charge in [-0.05, 0) is 133 Å². The lowest BCUT2D eigenvalue weighted by Crippen LogP contribution is -2.56. The number of aromatic amines is 2. The second kappa shape index (κ2) is 46.3. The summed E-state index contributed by atoms with van der Waals surface area (Å²) < 4.78 is 0. The monoisotopic (exact) mass is 1390 g/mol. The number of urea groups is 8. The summed E-state index contributed by atoms with van der Waals surface area (Å²) in [5, 5.41) is 48.8. The van der Waals surface area contributed by atoms with Gasteiger partial charge in [-0.25, -0.2) is 38.4 Å². The molecule has 26 N–H and O–H groups in total. The van der Waals surface area contributed by atoms with Crippen LogP contribution >= 0.6 is 0 Å². The Labute approximate surface area is 583 Å². The number of benzene rings is 2. The van der Waals surface area contributed by atoms with E-state index in [-0.39, 0.29) is 88.2 Å². The Kier molecular flexibility index (Phi) is 38.6. The highest BCUT2D eigenvalue weighted by Gasteiger charge is 2.26. The number of carbonyl (C=O) groups is 9. The number of hydrogen-bond acceptors (Lipinski definition) is 12. The maximum absolute atomic E-state index is 13.9. The summed E-state index contributed by atoms with van der Waals surface area (Å²) in [4.78, 5) is 125. The molecule has 0 saturated heterocycles. The number of unbranched alkanes of at least 4 members (excludes halogenated alkanes) is 3. The number of para-hydroxylation sites is 2. The van der Waals surface area contributed by atoms with Gasteiger partial charge in [-0.15, -0.1) is 0 Å². The van der Waals surface area contributed by atoms with Gasteiger partial charge in [0.15, 0.2) is 0 Å². The summed E-state index contributed by atoms with van der Waals surface area (Å²) in [7, 11) is 0. The third-order valence-corrected chi connectivity index (χ3v) is 16.9. The quantitative estimate of drug-likeness (QED) is 0.0280. The molecule has 554 valence electrons. The van der Waals surface area contributed by atoms with Gasteiger partial charge in [-0.2, -0.15) is 0 Å². The number of H-pyrrole nitrogens is 2. The number of amides is 17. The molecule has 0 aliphatic heterocycles. The number of hydrogen-bond donors (Lipinski definition) is 22. The maximum atomic E-state index is 13.9. The fraction of sp³-hybridized carbons (Fsp3) is 0.632. The topological polar surface area (TPSA) is 482 Å². The second-order valence-electron chi connectivity index (χ2n) is 26.4. The summed E-state index contributed by atoms with van der Waals surface area (Å²) in [6.07, 6.45) is 12.1. The summed E-state index contributed by atoms with van der Waals surface area (Å²) in [5.74, 6) is -0.571. The van der Waals surface area contributed by atoms with Crippen LogP contribution in [-0.2, 0) is 17.6 Å². The molecule has 99 heavy (non-hydrogen) atoms. The number of primary amides is 1. The largest absolute Gasteiger partial charge is 0.370 e. The molecular formula is C68H118N22O9. The van der Waals surface area contributed by atoms with Gasteiger partial charge < -0.3 is 118 Å². The zero-order valence-corrected chi connectivity index (χ0v) is 59.3. The van der Waals surface area contributed by atoms with Crippen molar-refractivity contribution in [3.05, 3.63) is 72.1 Å². The summed E-state index contributed by atoms with van der Waals surface area (Å²) in [6, 6.07) is 7.76. The zero-order chi connectivity index (χ0) is 72.5. The molecule has 0 radical (unpaired) electrons. The first kappa shape index (κ1) is 82.5. The smallest absolute Gasteiger partial charge is 0.315 e. The van der Waals surface area contributed by atoms with Crippen molar-refractivity contribution in [2.24, 2.45) is 34.8 Å². The van der Waals surface area contributed by atoms with Crippen molar-refractivity contribution in [2.45, 2.75) is 199 Å². The molecule has 8 atom stereocenters. The maximum Gasteiger partial charge on any atom is 0.315 e. The van der Waals surface area contributed by atoms with Crippen LogP contribution in [0.1, 0.15) is 143 Å². The van der Waals surface area contributed by atoms with E-state index in [4.69, 9.17) is 22.9 Å². The Morgan fingerprint density at radius 3 is 1.04 bits per heavy atom. The molecule has 4 rings (SSSR count). The molecule has 0 saturated carbocycles. The first-order valence-electron chi connectivity index (χ1n) is 35.3. The van der Waals surface area contributed by atoms with Gasteiger partial charge in [0, 0.05) is 117 Å². The van der Waals surface area contributed by atoms with Gasteiger partial charge in [0.25, 0.3) is 0 Å². The van der Waals surface area contributed by atoms with Crippen LogP contribution in [-0.4, -0.2) is 184 Å². The molecule has 2 aromatic heterocycles. The van der Waals surface area contributed by atoms with Crippen LogP contribution in [0.4, 0.5) is 38.4 Å². The number of nitrogens with one attached hydrogen (secondary N) is 18.